The number of rotatable bonds is 8. The van der Waals surface area contributed by atoms with E-state index in [0.717, 1.165) is 12.8 Å². The molecule has 7 heteroatoms. The fourth-order valence-electron chi connectivity index (χ4n) is 2.05. The van der Waals surface area contributed by atoms with Crippen molar-refractivity contribution in [2.45, 2.75) is 57.8 Å². The topological polar surface area (TPSA) is 99.9 Å². The van der Waals surface area contributed by atoms with E-state index in [1.54, 1.807) is 6.92 Å². The van der Waals surface area contributed by atoms with Crippen molar-refractivity contribution < 1.29 is 23.8 Å². The molecule has 3 unspecified atom stereocenters. The molecule has 1 saturated heterocycles. The Bertz CT molecular complexity index is 335. The highest BCUT2D eigenvalue weighted by molar-refractivity contribution is 5.76. The fraction of sp³-hybridized carbons (Fsp3) is 0.857. The van der Waals surface area contributed by atoms with Crippen LogP contribution < -0.4 is 11.1 Å². The molecule has 0 aromatic carbocycles. The second kappa shape index (κ2) is 9.70. The van der Waals surface area contributed by atoms with Gasteiger partial charge in [0.05, 0.1) is 19.6 Å². The Labute approximate surface area is 125 Å². The molecule has 0 aliphatic carbocycles. The highest BCUT2D eigenvalue weighted by Crippen LogP contribution is 2.15. The summed E-state index contributed by atoms with van der Waals surface area (Å²) in [5.41, 5.74) is 5.63. The maximum Gasteiger partial charge on any atom is 0.323 e. The summed E-state index contributed by atoms with van der Waals surface area (Å²) >= 11 is 0. The minimum atomic E-state index is -0.390. The zero-order chi connectivity index (χ0) is 15.7. The second-order valence-corrected chi connectivity index (χ2v) is 5.17. The van der Waals surface area contributed by atoms with Gasteiger partial charge in [0.1, 0.15) is 18.9 Å². The first-order valence-corrected chi connectivity index (χ1v) is 7.48. The van der Waals surface area contributed by atoms with Crippen molar-refractivity contribution in [2.24, 2.45) is 5.73 Å². The Morgan fingerprint density at radius 1 is 1.33 bits per heavy atom. The predicted octanol–water partition coefficient (Wildman–Crippen LogP) is 0.315. The molecule has 0 saturated carbocycles. The van der Waals surface area contributed by atoms with Crippen molar-refractivity contribution in [1.82, 2.24) is 5.32 Å². The van der Waals surface area contributed by atoms with Crippen LogP contribution in [-0.4, -0.2) is 50.1 Å². The van der Waals surface area contributed by atoms with Crippen LogP contribution in [0.5, 0.6) is 0 Å². The molecular formula is C14H26N2O5. The molecule has 0 bridgehead atoms. The average molecular weight is 302 g/mol. The molecule has 0 aromatic heterocycles. The van der Waals surface area contributed by atoms with Crippen LogP contribution in [0, 0.1) is 0 Å². The number of piperidine rings is 1. The van der Waals surface area contributed by atoms with Crippen molar-refractivity contribution in [3.63, 3.8) is 0 Å². The molecule has 21 heavy (non-hydrogen) atoms. The average Bonchev–Trinajstić information content (AvgIpc) is 2.45. The molecule has 1 aliphatic heterocycles. The van der Waals surface area contributed by atoms with Gasteiger partial charge in [-0.15, -0.1) is 0 Å². The highest BCUT2D eigenvalue weighted by atomic mass is 16.5. The van der Waals surface area contributed by atoms with E-state index in [9.17, 15) is 9.59 Å². The van der Waals surface area contributed by atoms with Gasteiger partial charge in [-0.2, -0.15) is 0 Å². The van der Waals surface area contributed by atoms with Gasteiger partial charge in [-0.3, -0.25) is 14.9 Å². The number of nitrogens with two attached hydrogens (primary N) is 1. The van der Waals surface area contributed by atoms with E-state index >= 15 is 0 Å². The van der Waals surface area contributed by atoms with Crippen molar-refractivity contribution in [2.75, 3.05) is 19.8 Å². The van der Waals surface area contributed by atoms with E-state index in [-0.39, 0.29) is 43.3 Å². The van der Waals surface area contributed by atoms with E-state index in [4.69, 9.17) is 19.9 Å². The summed E-state index contributed by atoms with van der Waals surface area (Å²) in [6.45, 7) is 4.42. The van der Waals surface area contributed by atoms with Gasteiger partial charge >= 0.3 is 11.9 Å². The maximum atomic E-state index is 11.9. The van der Waals surface area contributed by atoms with Crippen LogP contribution in [-0.2, 0) is 23.8 Å². The molecule has 0 aromatic rings. The summed E-state index contributed by atoms with van der Waals surface area (Å²) in [5.74, 6) is -0.714. The number of carbonyl (C=O) groups excluding carboxylic acids is 2. The van der Waals surface area contributed by atoms with Gasteiger partial charge < -0.3 is 19.9 Å². The molecule has 3 atom stereocenters. The van der Waals surface area contributed by atoms with Gasteiger partial charge in [0, 0.05) is 6.04 Å². The predicted molar refractivity (Wildman–Crippen MR) is 76.4 cm³/mol. The molecule has 1 rings (SSSR count). The number of ether oxygens (including phenoxy) is 3. The molecule has 0 radical (unpaired) electrons. The summed E-state index contributed by atoms with van der Waals surface area (Å²) in [4.78, 5) is 23.0. The van der Waals surface area contributed by atoms with Gasteiger partial charge in [-0.25, -0.2) is 0 Å². The zero-order valence-electron chi connectivity index (χ0n) is 12.8. The minimum Gasteiger partial charge on any atom is -0.466 e. The first kappa shape index (κ1) is 17.9. The van der Waals surface area contributed by atoms with E-state index < -0.39 is 0 Å². The molecule has 1 aliphatic rings. The van der Waals surface area contributed by atoms with E-state index in [1.807, 2.05) is 6.92 Å². The zero-order valence-corrected chi connectivity index (χ0v) is 12.8. The Balaban J connectivity index is 2.25. The van der Waals surface area contributed by atoms with Crippen molar-refractivity contribution >= 4 is 11.9 Å². The van der Waals surface area contributed by atoms with Crippen LogP contribution in [0.15, 0.2) is 0 Å². The lowest BCUT2D eigenvalue weighted by molar-refractivity contribution is -0.152. The highest BCUT2D eigenvalue weighted by Gasteiger charge is 2.28. The van der Waals surface area contributed by atoms with Crippen LogP contribution in [0.3, 0.4) is 0 Å². The quantitative estimate of drug-likeness (QED) is 0.623. The summed E-state index contributed by atoms with van der Waals surface area (Å²) in [5, 5.41) is 3.10. The van der Waals surface area contributed by atoms with E-state index in [0.29, 0.717) is 19.6 Å². The summed E-state index contributed by atoms with van der Waals surface area (Å²) in [7, 11) is 0. The molecule has 122 valence electrons. The molecule has 3 N–H and O–H groups in total. The fourth-order valence-corrected chi connectivity index (χ4v) is 2.05. The SMILES string of the molecule is CCOC(=O)CCOC(=O)C1CCCC(OCC(C)N)N1. The third-order valence-electron chi connectivity index (χ3n) is 3.05. The number of esters is 2. The number of carbonyl (C=O) groups is 2. The second-order valence-electron chi connectivity index (χ2n) is 5.17. The first-order chi connectivity index (χ1) is 10.0. The summed E-state index contributed by atoms with van der Waals surface area (Å²) in [6, 6.07) is -0.428. The van der Waals surface area contributed by atoms with Crippen LogP contribution in [0.1, 0.15) is 39.5 Å². The maximum absolute atomic E-state index is 11.9. The number of nitrogens with one attached hydrogen (secondary N) is 1. The smallest absolute Gasteiger partial charge is 0.323 e. The molecule has 1 fully saturated rings. The lowest BCUT2D eigenvalue weighted by atomic mass is 10.0. The minimum absolute atomic E-state index is 0.0382. The number of hydrogen-bond acceptors (Lipinski definition) is 7. The summed E-state index contributed by atoms with van der Waals surface area (Å²) < 4.78 is 15.4. The first-order valence-electron chi connectivity index (χ1n) is 7.48. The van der Waals surface area contributed by atoms with Crippen LogP contribution >= 0.6 is 0 Å². The Hall–Kier alpha value is -1.18. The normalized spacial score (nSPS) is 23.4. The lowest BCUT2D eigenvalue weighted by Crippen LogP contribution is -2.49. The third-order valence-corrected chi connectivity index (χ3v) is 3.05. The van der Waals surface area contributed by atoms with Gasteiger partial charge in [-0.1, -0.05) is 0 Å². The Morgan fingerprint density at radius 2 is 2.10 bits per heavy atom. The molecule has 7 nitrogen and oxygen atoms in total. The van der Waals surface area contributed by atoms with E-state index in [2.05, 4.69) is 5.32 Å². The van der Waals surface area contributed by atoms with Crippen molar-refractivity contribution in [3.8, 4) is 0 Å². The van der Waals surface area contributed by atoms with Crippen LogP contribution in [0.25, 0.3) is 0 Å². The lowest BCUT2D eigenvalue weighted by Gasteiger charge is -2.30. The van der Waals surface area contributed by atoms with Crippen molar-refractivity contribution in [1.29, 1.82) is 0 Å². The van der Waals surface area contributed by atoms with Gasteiger partial charge in [0.25, 0.3) is 0 Å². The Morgan fingerprint density at radius 3 is 2.76 bits per heavy atom. The standard InChI is InChI=1S/C14H26N2O5/c1-3-19-13(17)7-8-20-14(18)11-5-4-6-12(16-11)21-9-10(2)15/h10-12,16H,3-9,15H2,1-2H3. The molecule has 0 spiro atoms. The largest absolute Gasteiger partial charge is 0.466 e. The Kier molecular flexibility index (Phi) is 8.26. The van der Waals surface area contributed by atoms with Crippen LogP contribution in [0.4, 0.5) is 0 Å². The monoisotopic (exact) mass is 302 g/mol. The molecule has 1 heterocycles. The number of hydrogen-bond donors (Lipinski definition) is 2. The third kappa shape index (κ3) is 7.40. The van der Waals surface area contributed by atoms with Gasteiger partial charge in [0.2, 0.25) is 0 Å². The molecule has 0 amide bonds. The van der Waals surface area contributed by atoms with Gasteiger partial charge in [-0.05, 0) is 33.1 Å². The van der Waals surface area contributed by atoms with E-state index in [1.165, 1.54) is 0 Å². The molecular weight excluding hydrogens is 276 g/mol. The van der Waals surface area contributed by atoms with Crippen LogP contribution in [0.2, 0.25) is 0 Å². The van der Waals surface area contributed by atoms with Gasteiger partial charge in [0.15, 0.2) is 0 Å². The summed E-state index contributed by atoms with van der Waals surface area (Å²) in [6.07, 6.45) is 2.34. The van der Waals surface area contributed by atoms with Crippen molar-refractivity contribution in [3.05, 3.63) is 0 Å².